The maximum Gasteiger partial charge on any atom is 0.411 e. The highest BCUT2D eigenvalue weighted by Gasteiger charge is 2.53. The van der Waals surface area contributed by atoms with E-state index >= 15 is 0 Å². The Labute approximate surface area is 165 Å². The first-order valence-electron chi connectivity index (χ1n) is 9.41. The Balaban J connectivity index is 0.000000941. The number of amides is 1. The molecule has 1 rings (SSSR count). The summed E-state index contributed by atoms with van der Waals surface area (Å²) in [6.45, 7) is 15.1. The van der Waals surface area contributed by atoms with Crippen LogP contribution >= 0.6 is 0 Å². The van der Waals surface area contributed by atoms with E-state index in [-0.39, 0.29) is 5.97 Å². The molecule has 0 aromatic heterocycles. The largest absolute Gasteiger partial charge is 0.450 e. The van der Waals surface area contributed by atoms with Gasteiger partial charge < -0.3 is 23.7 Å². The second-order valence-corrected chi connectivity index (χ2v) is 7.23. The number of likely N-dealkylation sites (N-methyl/N-ethyl adjacent to an activating group) is 1. The highest BCUT2D eigenvalue weighted by molar-refractivity contribution is 6.16. The SMILES string of the molecule is CC1=COC1=O.CCOC(=O)N(CC)C([SiH3])(OCC)C(C)(OCC)OCC. The molecule has 0 fully saturated rings. The first-order chi connectivity index (χ1) is 12.7. The number of carbonyl (C=O) groups is 2. The van der Waals surface area contributed by atoms with Gasteiger partial charge in [-0.15, -0.1) is 0 Å². The van der Waals surface area contributed by atoms with Crippen molar-refractivity contribution in [1.82, 2.24) is 4.90 Å². The molecule has 0 saturated heterocycles. The van der Waals surface area contributed by atoms with Gasteiger partial charge in [0.1, 0.15) is 6.26 Å². The van der Waals surface area contributed by atoms with Crippen LogP contribution in [0.3, 0.4) is 0 Å². The molecule has 0 spiro atoms. The van der Waals surface area contributed by atoms with Crippen LogP contribution in [0.1, 0.15) is 48.5 Å². The number of hydrogen-bond acceptors (Lipinski definition) is 7. The lowest BCUT2D eigenvalue weighted by Crippen LogP contribution is -2.69. The van der Waals surface area contributed by atoms with E-state index in [9.17, 15) is 9.59 Å². The third kappa shape index (κ3) is 6.60. The van der Waals surface area contributed by atoms with E-state index in [0.717, 1.165) is 0 Å². The molecule has 0 bridgehead atoms. The molecule has 1 amide bonds. The highest BCUT2D eigenvalue weighted by atomic mass is 28.1. The summed E-state index contributed by atoms with van der Waals surface area (Å²) in [6.07, 6.45) is 1.02. The first-order valence-corrected chi connectivity index (χ1v) is 10.4. The zero-order valence-corrected chi connectivity index (χ0v) is 19.9. The van der Waals surface area contributed by atoms with Crippen LogP contribution in [-0.4, -0.2) is 71.3 Å². The molecule has 158 valence electrons. The van der Waals surface area contributed by atoms with Crippen LogP contribution in [0.15, 0.2) is 11.8 Å². The number of nitrogens with zero attached hydrogens (tertiary/aromatic N) is 1. The summed E-state index contributed by atoms with van der Waals surface area (Å²) in [5.74, 6) is -1.23. The van der Waals surface area contributed by atoms with Crippen molar-refractivity contribution in [2.75, 3.05) is 33.0 Å². The third-order valence-corrected chi connectivity index (χ3v) is 5.83. The molecule has 27 heavy (non-hydrogen) atoms. The van der Waals surface area contributed by atoms with Crippen LogP contribution < -0.4 is 0 Å². The van der Waals surface area contributed by atoms with Gasteiger partial charge in [-0.25, -0.2) is 9.59 Å². The van der Waals surface area contributed by atoms with E-state index < -0.39 is 17.2 Å². The highest BCUT2D eigenvalue weighted by Crippen LogP contribution is 2.33. The zero-order valence-electron chi connectivity index (χ0n) is 17.9. The average Bonchev–Trinajstić information content (AvgIpc) is 2.62. The molecule has 0 aliphatic carbocycles. The predicted molar refractivity (Wildman–Crippen MR) is 105 cm³/mol. The van der Waals surface area contributed by atoms with Gasteiger partial charge in [-0.05, 0) is 48.5 Å². The summed E-state index contributed by atoms with van der Waals surface area (Å²) in [5, 5.41) is -0.950. The van der Waals surface area contributed by atoms with Gasteiger partial charge in [-0.1, -0.05) is 0 Å². The molecule has 1 aliphatic rings. The number of carbonyl (C=O) groups excluding carboxylic acids is 2. The fraction of sp³-hybridized carbons (Fsp3) is 0.778. The quantitative estimate of drug-likeness (QED) is 0.311. The average molecular weight is 406 g/mol. The van der Waals surface area contributed by atoms with Crippen molar-refractivity contribution in [2.24, 2.45) is 0 Å². The lowest BCUT2D eigenvalue weighted by molar-refractivity contribution is -0.323. The van der Waals surface area contributed by atoms with Crippen LogP contribution in [-0.2, 0) is 28.5 Å². The number of ether oxygens (including phenoxy) is 5. The van der Waals surface area contributed by atoms with Gasteiger partial charge in [0.05, 0.1) is 22.4 Å². The maximum absolute atomic E-state index is 12.3. The van der Waals surface area contributed by atoms with Gasteiger partial charge in [0.2, 0.25) is 5.79 Å². The monoisotopic (exact) mass is 405 g/mol. The fourth-order valence-corrected chi connectivity index (χ4v) is 3.70. The minimum absolute atomic E-state index is 0.199. The summed E-state index contributed by atoms with van der Waals surface area (Å²) in [4.78, 5) is 23.8. The molecule has 0 N–H and O–H groups in total. The summed E-state index contributed by atoms with van der Waals surface area (Å²) in [6, 6.07) is 0. The summed E-state index contributed by atoms with van der Waals surface area (Å²) >= 11 is 0. The van der Waals surface area contributed by atoms with Crippen LogP contribution in [0, 0.1) is 0 Å². The molecule has 8 nitrogen and oxygen atoms in total. The molecule has 0 aromatic carbocycles. The van der Waals surface area contributed by atoms with E-state index in [1.165, 1.54) is 6.26 Å². The Morgan fingerprint density at radius 1 is 1.07 bits per heavy atom. The Morgan fingerprint density at radius 2 is 1.56 bits per heavy atom. The molecule has 0 saturated carbocycles. The van der Waals surface area contributed by atoms with Gasteiger partial charge in [-0.2, -0.15) is 0 Å². The number of cyclic esters (lactones) is 1. The normalized spacial score (nSPS) is 15.5. The van der Waals surface area contributed by atoms with Gasteiger partial charge in [0.25, 0.3) is 0 Å². The van der Waals surface area contributed by atoms with Crippen molar-refractivity contribution in [2.45, 2.75) is 59.6 Å². The lowest BCUT2D eigenvalue weighted by atomic mass is 10.2. The molecule has 1 unspecified atom stereocenters. The van der Waals surface area contributed by atoms with E-state index in [2.05, 4.69) is 4.74 Å². The second-order valence-electron chi connectivity index (χ2n) is 5.88. The molecule has 0 aromatic rings. The van der Waals surface area contributed by atoms with Gasteiger partial charge >= 0.3 is 12.1 Å². The van der Waals surface area contributed by atoms with Crippen molar-refractivity contribution < 1.29 is 33.3 Å². The molecule has 0 radical (unpaired) electrons. The molecule has 1 atom stereocenters. The summed E-state index contributed by atoms with van der Waals surface area (Å²) in [7, 11) is 0.515. The predicted octanol–water partition coefficient (Wildman–Crippen LogP) is 1.76. The summed E-state index contributed by atoms with van der Waals surface area (Å²) in [5.41, 5.74) is 0.704. The van der Waals surface area contributed by atoms with E-state index in [4.69, 9.17) is 18.9 Å². The number of esters is 1. The van der Waals surface area contributed by atoms with Crippen LogP contribution in [0.5, 0.6) is 0 Å². The van der Waals surface area contributed by atoms with Crippen molar-refractivity contribution in [3.8, 4) is 0 Å². The topological polar surface area (TPSA) is 83.5 Å². The Morgan fingerprint density at radius 3 is 1.81 bits per heavy atom. The van der Waals surface area contributed by atoms with Crippen LogP contribution in [0.25, 0.3) is 0 Å². The molecular weight excluding hydrogens is 370 g/mol. The van der Waals surface area contributed by atoms with Crippen LogP contribution in [0.2, 0.25) is 0 Å². The lowest BCUT2D eigenvalue weighted by Gasteiger charge is -2.50. The van der Waals surface area contributed by atoms with E-state index in [1.807, 2.05) is 34.6 Å². The first kappa shape index (κ1) is 25.6. The van der Waals surface area contributed by atoms with E-state index in [1.54, 1.807) is 18.7 Å². The van der Waals surface area contributed by atoms with Crippen molar-refractivity contribution >= 4 is 22.3 Å². The molecule has 9 heteroatoms. The molecular formula is C18H35NO7Si. The molecule has 1 aliphatic heterocycles. The van der Waals surface area contributed by atoms with E-state index in [0.29, 0.717) is 48.8 Å². The Kier molecular flexibility index (Phi) is 11.5. The minimum atomic E-state index is -1.03. The fourth-order valence-electron chi connectivity index (χ4n) is 2.63. The van der Waals surface area contributed by atoms with Gasteiger partial charge in [0, 0.05) is 26.4 Å². The van der Waals surface area contributed by atoms with Crippen molar-refractivity contribution in [3.05, 3.63) is 11.8 Å². The minimum Gasteiger partial charge on any atom is -0.450 e. The zero-order chi connectivity index (χ0) is 21.1. The van der Waals surface area contributed by atoms with Gasteiger partial charge in [-0.3, -0.25) is 4.90 Å². The second kappa shape index (κ2) is 12.1. The number of rotatable bonds is 10. The Bertz CT molecular complexity index is 506. The number of hydrogen-bond donors (Lipinski definition) is 0. The van der Waals surface area contributed by atoms with Crippen molar-refractivity contribution in [1.29, 1.82) is 0 Å². The van der Waals surface area contributed by atoms with Crippen LogP contribution in [0.4, 0.5) is 4.79 Å². The summed E-state index contributed by atoms with van der Waals surface area (Å²) < 4.78 is 27.0. The maximum atomic E-state index is 12.3. The Hall–Kier alpha value is -1.42. The third-order valence-electron chi connectivity index (χ3n) is 4.09. The van der Waals surface area contributed by atoms with Gasteiger partial charge in [0.15, 0.2) is 5.35 Å². The standard InChI is InChI=1S/C14H31NO5Si.C4H4O2/c1-7-15(12(16)17-8-2)14(21,20-11-5)13(6,18-9-3)19-10-4;1-3-2-6-4(3)5/h7-11H2,1-6,21H3;2H,1H3. The van der Waals surface area contributed by atoms with Crippen molar-refractivity contribution in [3.63, 3.8) is 0 Å². The molecule has 1 heterocycles. The smallest absolute Gasteiger partial charge is 0.411 e.